The quantitative estimate of drug-likeness (QED) is 0.749. The Morgan fingerprint density at radius 1 is 1.10 bits per heavy atom. The van der Waals surface area contributed by atoms with E-state index in [-0.39, 0.29) is 5.41 Å². The van der Waals surface area contributed by atoms with E-state index >= 15 is 0 Å². The van der Waals surface area contributed by atoms with Gasteiger partial charge in [-0.05, 0) is 54.7 Å². The van der Waals surface area contributed by atoms with Crippen LogP contribution >= 0.6 is 0 Å². The first kappa shape index (κ1) is 14.3. The molecule has 1 aliphatic carbocycles. The topological polar surface area (TPSA) is 12.9 Å². The second-order valence-electron chi connectivity index (χ2n) is 6.83. The summed E-state index contributed by atoms with van der Waals surface area (Å²) in [6, 6.07) is 10.8. The Bertz CT molecular complexity index is 653. The van der Waals surface area contributed by atoms with E-state index in [0.29, 0.717) is 0 Å². The lowest BCUT2D eigenvalue weighted by molar-refractivity contribution is 0.502. The zero-order chi connectivity index (χ0) is 15.0. The predicted octanol–water partition coefficient (Wildman–Crippen LogP) is 5.23. The van der Waals surface area contributed by atoms with Crippen LogP contribution in [0.1, 0.15) is 56.1 Å². The minimum absolute atomic E-state index is 0.202. The number of aryl methyl sites for hydroxylation is 2. The molecule has 1 heteroatoms. The summed E-state index contributed by atoms with van der Waals surface area (Å²) in [5.41, 5.74) is 8.52. The van der Waals surface area contributed by atoms with Crippen molar-refractivity contribution in [1.82, 2.24) is 4.98 Å². The molecule has 0 fully saturated rings. The van der Waals surface area contributed by atoms with Gasteiger partial charge in [-0.3, -0.25) is 4.98 Å². The van der Waals surface area contributed by atoms with Gasteiger partial charge in [0.05, 0.1) is 0 Å². The largest absolute Gasteiger partial charge is 0.257 e. The molecule has 21 heavy (non-hydrogen) atoms. The van der Waals surface area contributed by atoms with Gasteiger partial charge >= 0.3 is 0 Å². The van der Waals surface area contributed by atoms with Gasteiger partial charge in [-0.15, -0.1) is 0 Å². The molecule has 0 saturated heterocycles. The van der Waals surface area contributed by atoms with Crippen molar-refractivity contribution in [2.45, 2.75) is 58.8 Å². The van der Waals surface area contributed by atoms with E-state index in [1.165, 1.54) is 40.9 Å². The van der Waals surface area contributed by atoms with Crippen molar-refractivity contribution >= 4 is 0 Å². The van der Waals surface area contributed by atoms with Crippen molar-refractivity contribution in [2.24, 2.45) is 0 Å². The number of benzene rings is 1. The van der Waals surface area contributed by atoms with Crippen molar-refractivity contribution in [2.75, 3.05) is 0 Å². The third-order valence-electron chi connectivity index (χ3n) is 5.03. The van der Waals surface area contributed by atoms with Crippen LogP contribution in [-0.2, 0) is 18.3 Å². The van der Waals surface area contributed by atoms with Gasteiger partial charge in [-0.25, -0.2) is 0 Å². The summed E-state index contributed by atoms with van der Waals surface area (Å²) >= 11 is 0. The number of aromatic nitrogens is 1. The van der Waals surface area contributed by atoms with Gasteiger partial charge in [0.25, 0.3) is 0 Å². The van der Waals surface area contributed by atoms with Crippen LogP contribution in [-0.4, -0.2) is 4.98 Å². The Morgan fingerprint density at radius 2 is 1.81 bits per heavy atom. The van der Waals surface area contributed by atoms with Crippen LogP contribution in [0.4, 0.5) is 0 Å². The summed E-state index contributed by atoms with van der Waals surface area (Å²) in [6.45, 7) is 9.24. The van der Waals surface area contributed by atoms with Crippen LogP contribution in [0, 0.1) is 6.92 Å². The Morgan fingerprint density at radius 3 is 2.48 bits per heavy atom. The standard InChI is InChI=1S/C20H25N/c1-5-20(3,4)19-16-12-9-13-17(16)21-14(2)18(19)15-10-7-6-8-11-15/h6-8,10-11H,5,9,12-13H2,1-4H3. The Hall–Kier alpha value is -1.63. The van der Waals surface area contributed by atoms with E-state index in [4.69, 9.17) is 4.98 Å². The van der Waals surface area contributed by atoms with Crippen LogP contribution in [0.15, 0.2) is 30.3 Å². The van der Waals surface area contributed by atoms with Gasteiger partial charge in [-0.2, -0.15) is 0 Å². The van der Waals surface area contributed by atoms with Crippen LogP contribution in [0.2, 0.25) is 0 Å². The molecule has 1 aromatic heterocycles. The summed E-state index contributed by atoms with van der Waals surface area (Å²) in [4.78, 5) is 4.94. The molecule has 1 aliphatic rings. The molecule has 0 unspecified atom stereocenters. The van der Waals surface area contributed by atoms with Crippen LogP contribution in [0.3, 0.4) is 0 Å². The van der Waals surface area contributed by atoms with Crippen LogP contribution < -0.4 is 0 Å². The molecule has 1 nitrogen and oxygen atoms in total. The molecule has 110 valence electrons. The fraction of sp³-hybridized carbons (Fsp3) is 0.450. The Kier molecular flexibility index (Phi) is 3.61. The Balaban J connectivity index is 2.34. The van der Waals surface area contributed by atoms with Crippen LogP contribution in [0.25, 0.3) is 11.1 Å². The maximum Gasteiger partial charge on any atom is 0.0457 e. The second kappa shape index (κ2) is 5.29. The summed E-state index contributed by atoms with van der Waals surface area (Å²) in [7, 11) is 0. The molecule has 0 atom stereocenters. The van der Waals surface area contributed by atoms with Gasteiger partial charge < -0.3 is 0 Å². The zero-order valence-electron chi connectivity index (χ0n) is 13.7. The lowest BCUT2D eigenvalue weighted by Crippen LogP contribution is -2.21. The number of pyridine rings is 1. The highest BCUT2D eigenvalue weighted by atomic mass is 14.7. The van der Waals surface area contributed by atoms with Crippen molar-refractivity contribution in [3.8, 4) is 11.1 Å². The highest BCUT2D eigenvalue weighted by molar-refractivity contribution is 5.73. The smallest absolute Gasteiger partial charge is 0.0457 e. The highest BCUT2D eigenvalue weighted by Crippen LogP contribution is 2.42. The van der Waals surface area contributed by atoms with E-state index in [9.17, 15) is 0 Å². The van der Waals surface area contributed by atoms with Gasteiger partial charge in [0.1, 0.15) is 0 Å². The molecule has 2 aromatic rings. The Labute approximate surface area is 128 Å². The summed E-state index contributed by atoms with van der Waals surface area (Å²) in [6.07, 6.45) is 4.76. The fourth-order valence-corrected chi connectivity index (χ4v) is 3.59. The number of hydrogen-bond acceptors (Lipinski definition) is 1. The lowest BCUT2D eigenvalue weighted by atomic mass is 9.75. The van der Waals surface area contributed by atoms with Crippen molar-refractivity contribution in [3.05, 3.63) is 52.8 Å². The minimum atomic E-state index is 0.202. The monoisotopic (exact) mass is 279 g/mol. The number of fused-ring (bicyclic) bond motifs is 1. The second-order valence-corrected chi connectivity index (χ2v) is 6.83. The molecule has 3 rings (SSSR count). The van der Waals surface area contributed by atoms with Gasteiger partial charge in [0.2, 0.25) is 0 Å². The molecule has 1 aromatic carbocycles. The first-order chi connectivity index (χ1) is 10.0. The molecule has 0 radical (unpaired) electrons. The highest BCUT2D eigenvalue weighted by Gasteiger charge is 2.30. The summed E-state index contributed by atoms with van der Waals surface area (Å²) in [5, 5.41) is 0. The van der Waals surface area contributed by atoms with Gasteiger partial charge in [-0.1, -0.05) is 51.1 Å². The average Bonchev–Trinajstić information content (AvgIpc) is 2.94. The molecule has 0 amide bonds. The normalized spacial score (nSPS) is 14.3. The first-order valence-electron chi connectivity index (χ1n) is 8.13. The fourth-order valence-electron chi connectivity index (χ4n) is 3.59. The molecule has 0 bridgehead atoms. The molecule has 1 heterocycles. The SMILES string of the molecule is CCC(C)(C)c1c2c(nc(C)c1-c1ccccc1)CCC2. The lowest BCUT2D eigenvalue weighted by Gasteiger charge is -2.30. The van der Waals surface area contributed by atoms with Crippen LogP contribution in [0.5, 0.6) is 0 Å². The first-order valence-corrected chi connectivity index (χ1v) is 8.13. The molecular formula is C20H25N. The minimum Gasteiger partial charge on any atom is -0.257 e. The molecular weight excluding hydrogens is 254 g/mol. The third kappa shape index (κ3) is 2.39. The predicted molar refractivity (Wildman–Crippen MR) is 89.8 cm³/mol. The maximum atomic E-state index is 4.94. The van der Waals surface area contributed by atoms with Gasteiger partial charge in [0.15, 0.2) is 0 Å². The molecule has 0 aliphatic heterocycles. The van der Waals surface area contributed by atoms with E-state index in [1.807, 2.05) is 0 Å². The van der Waals surface area contributed by atoms with Crippen molar-refractivity contribution in [3.63, 3.8) is 0 Å². The van der Waals surface area contributed by atoms with E-state index in [0.717, 1.165) is 12.8 Å². The van der Waals surface area contributed by atoms with Crippen molar-refractivity contribution < 1.29 is 0 Å². The van der Waals surface area contributed by atoms with E-state index in [1.54, 1.807) is 5.56 Å². The van der Waals surface area contributed by atoms with Crippen molar-refractivity contribution in [1.29, 1.82) is 0 Å². The number of nitrogens with zero attached hydrogens (tertiary/aromatic N) is 1. The molecule has 0 saturated carbocycles. The maximum absolute atomic E-state index is 4.94. The summed E-state index contributed by atoms with van der Waals surface area (Å²) < 4.78 is 0. The number of hydrogen-bond donors (Lipinski definition) is 0. The third-order valence-corrected chi connectivity index (χ3v) is 5.03. The zero-order valence-corrected chi connectivity index (χ0v) is 13.7. The number of rotatable bonds is 3. The van der Waals surface area contributed by atoms with E-state index in [2.05, 4.69) is 58.0 Å². The molecule has 0 spiro atoms. The van der Waals surface area contributed by atoms with Gasteiger partial charge in [0, 0.05) is 17.0 Å². The summed E-state index contributed by atoms with van der Waals surface area (Å²) in [5.74, 6) is 0. The molecule has 0 N–H and O–H groups in total. The van der Waals surface area contributed by atoms with E-state index < -0.39 is 0 Å². The average molecular weight is 279 g/mol.